The first-order chi connectivity index (χ1) is 16.4. The first-order valence-electron chi connectivity index (χ1n) is 12.0. The van der Waals surface area contributed by atoms with Crippen LogP contribution in [0.2, 0.25) is 0 Å². The van der Waals surface area contributed by atoms with E-state index in [0.29, 0.717) is 19.4 Å². The Hall–Kier alpha value is -3.35. The number of ether oxygens (including phenoxy) is 1. The Bertz CT molecular complexity index is 1020. The highest BCUT2D eigenvalue weighted by Gasteiger charge is 2.40. The molecule has 0 bridgehead atoms. The zero-order chi connectivity index (χ0) is 24.2. The fourth-order valence-corrected chi connectivity index (χ4v) is 5.31. The molecule has 3 atom stereocenters. The number of benzene rings is 2. The molecule has 0 aromatic heterocycles. The van der Waals surface area contributed by atoms with Crippen LogP contribution in [0.1, 0.15) is 56.6 Å². The normalized spacial score (nSPS) is 19.9. The van der Waals surface area contributed by atoms with Crippen LogP contribution in [0.4, 0.5) is 4.79 Å². The quantitative estimate of drug-likeness (QED) is 0.604. The number of amides is 2. The van der Waals surface area contributed by atoms with Crippen molar-refractivity contribution in [3.8, 4) is 11.1 Å². The highest BCUT2D eigenvalue weighted by atomic mass is 16.5. The predicted molar refractivity (Wildman–Crippen MR) is 128 cm³/mol. The molecule has 2 amide bonds. The Morgan fingerprint density at radius 2 is 1.71 bits per heavy atom. The maximum atomic E-state index is 12.9. The van der Waals surface area contributed by atoms with Crippen LogP contribution in [0.5, 0.6) is 0 Å². The Labute approximate surface area is 200 Å². The van der Waals surface area contributed by atoms with E-state index in [-0.39, 0.29) is 30.8 Å². The lowest BCUT2D eigenvalue weighted by molar-refractivity contribution is -0.149. The number of fused-ring (bicyclic) bond motifs is 3. The third-order valence-corrected chi connectivity index (χ3v) is 7.00. The van der Waals surface area contributed by atoms with Crippen LogP contribution < -0.4 is 5.32 Å². The van der Waals surface area contributed by atoms with Crippen molar-refractivity contribution in [1.29, 1.82) is 0 Å². The number of nitrogens with one attached hydrogen (secondary N) is 1. The standard InChI is InChI=1S/C27H32N2O5/c1-3-8-18(15-24(30)29-14-13-17(2)25(29)26(31)32)28-27(33)34-16-23-21-11-6-4-9-19(21)20-10-5-7-12-22(20)23/h4-7,9-12,17-18,23,25H,3,8,13-16H2,1-2H3,(H,28,33)(H,31,32). The van der Waals surface area contributed by atoms with Gasteiger partial charge in [0.25, 0.3) is 0 Å². The molecule has 4 rings (SSSR count). The van der Waals surface area contributed by atoms with Gasteiger partial charge in [0.2, 0.25) is 5.91 Å². The SMILES string of the molecule is CCCC(CC(=O)N1CCC(C)C1C(=O)O)NC(=O)OCC1c2ccccc2-c2ccccc21. The minimum Gasteiger partial charge on any atom is -0.480 e. The van der Waals surface area contributed by atoms with Crippen LogP contribution in [-0.2, 0) is 14.3 Å². The Kier molecular flexibility index (Phi) is 7.20. The van der Waals surface area contributed by atoms with E-state index in [0.717, 1.165) is 28.7 Å². The van der Waals surface area contributed by atoms with Crippen LogP contribution in [0, 0.1) is 5.92 Å². The van der Waals surface area contributed by atoms with E-state index >= 15 is 0 Å². The average molecular weight is 465 g/mol. The molecule has 180 valence electrons. The van der Waals surface area contributed by atoms with Gasteiger partial charge >= 0.3 is 12.1 Å². The third kappa shape index (κ3) is 4.79. The summed E-state index contributed by atoms with van der Waals surface area (Å²) in [7, 11) is 0. The van der Waals surface area contributed by atoms with Crippen molar-refractivity contribution >= 4 is 18.0 Å². The monoisotopic (exact) mass is 464 g/mol. The van der Waals surface area contributed by atoms with Crippen LogP contribution in [0.25, 0.3) is 11.1 Å². The number of carbonyl (C=O) groups is 3. The predicted octanol–water partition coefficient (Wildman–Crippen LogP) is 4.41. The number of alkyl carbamates (subject to hydrolysis) is 1. The summed E-state index contributed by atoms with van der Waals surface area (Å²) in [4.78, 5) is 38.6. The number of carboxylic acids is 1. The van der Waals surface area contributed by atoms with Gasteiger partial charge in [-0.15, -0.1) is 0 Å². The van der Waals surface area contributed by atoms with Crippen LogP contribution >= 0.6 is 0 Å². The molecular weight excluding hydrogens is 432 g/mol. The molecule has 2 aromatic rings. The number of aliphatic carboxylic acids is 1. The molecule has 2 aromatic carbocycles. The van der Waals surface area contributed by atoms with Crippen LogP contribution in [0.15, 0.2) is 48.5 Å². The lowest BCUT2D eigenvalue weighted by atomic mass is 9.98. The molecule has 7 nitrogen and oxygen atoms in total. The molecule has 1 aliphatic carbocycles. The van der Waals surface area contributed by atoms with Gasteiger partial charge in [-0.05, 0) is 41.0 Å². The van der Waals surface area contributed by atoms with Gasteiger partial charge in [-0.2, -0.15) is 0 Å². The van der Waals surface area contributed by atoms with E-state index in [1.165, 1.54) is 4.90 Å². The molecule has 3 unspecified atom stereocenters. The van der Waals surface area contributed by atoms with Crippen molar-refractivity contribution in [1.82, 2.24) is 10.2 Å². The number of carboxylic acid groups (broad SMARTS) is 1. The van der Waals surface area contributed by atoms with Gasteiger partial charge in [0, 0.05) is 24.9 Å². The van der Waals surface area contributed by atoms with E-state index in [4.69, 9.17) is 4.74 Å². The lowest BCUT2D eigenvalue weighted by Crippen LogP contribution is -2.46. The minimum absolute atomic E-state index is 0.0354. The molecule has 34 heavy (non-hydrogen) atoms. The zero-order valence-corrected chi connectivity index (χ0v) is 19.7. The Morgan fingerprint density at radius 3 is 2.29 bits per heavy atom. The molecule has 0 spiro atoms. The summed E-state index contributed by atoms with van der Waals surface area (Å²) >= 11 is 0. The zero-order valence-electron chi connectivity index (χ0n) is 19.7. The second-order valence-corrected chi connectivity index (χ2v) is 9.30. The third-order valence-electron chi connectivity index (χ3n) is 7.00. The van der Waals surface area contributed by atoms with Crippen molar-refractivity contribution in [3.05, 3.63) is 59.7 Å². The van der Waals surface area contributed by atoms with E-state index < -0.39 is 24.1 Å². The molecular formula is C27H32N2O5. The number of carbonyl (C=O) groups excluding carboxylic acids is 2. The molecule has 2 aliphatic rings. The fourth-order valence-electron chi connectivity index (χ4n) is 5.31. The summed E-state index contributed by atoms with van der Waals surface area (Å²) in [5.41, 5.74) is 4.60. The lowest BCUT2D eigenvalue weighted by Gasteiger charge is -2.26. The van der Waals surface area contributed by atoms with Crippen molar-refractivity contribution < 1.29 is 24.2 Å². The number of hydrogen-bond donors (Lipinski definition) is 2. The number of hydrogen-bond acceptors (Lipinski definition) is 4. The van der Waals surface area contributed by atoms with Crippen LogP contribution in [0.3, 0.4) is 0 Å². The second kappa shape index (κ2) is 10.3. The number of nitrogens with zero attached hydrogens (tertiary/aromatic N) is 1. The molecule has 1 saturated heterocycles. The summed E-state index contributed by atoms with van der Waals surface area (Å²) in [6.45, 7) is 4.47. The highest BCUT2D eigenvalue weighted by Crippen LogP contribution is 2.44. The molecule has 2 N–H and O–H groups in total. The van der Waals surface area contributed by atoms with Gasteiger partial charge in [-0.1, -0.05) is 68.8 Å². The first kappa shape index (κ1) is 23.8. The van der Waals surface area contributed by atoms with Gasteiger partial charge in [0.1, 0.15) is 12.6 Å². The molecule has 0 saturated carbocycles. The summed E-state index contributed by atoms with van der Waals surface area (Å²) in [5, 5.41) is 12.4. The molecule has 0 radical (unpaired) electrons. The van der Waals surface area contributed by atoms with Crippen molar-refractivity contribution in [3.63, 3.8) is 0 Å². The van der Waals surface area contributed by atoms with Crippen molar-refractivity contribution in [2.75, 3.05) is 13.2 Å². The summed E-state index contributed by atoms with van der Waals surface area (Å²) < 4.78 is 5.63. The van der Waals surface area contributed by atoms with E-state index in [1.54, 1.807) is 0 Å². The topological polar surface area (TPSA) is 95.9 Å². The first-order valence-corrected chi connectivity index (χ1v) is 12.0. The summed E-state index contributed by atoms with van der Waals surface area (Å²) in [5.74, 6) is -1.34. The maximum absolute atomic E-state index is 12.9. The highest BCUT2D eigenvalue weighted by molar-refractivity contribution is 5.85. The Balaban J connectivity index is 1.38. The van der Waals surface area contributed by atoms with Crippen molar-refractivity contribution in [2.24, 2.45) is 5.92 Å². The number of rotatable bonds is 8. The van der Waals surface area contributed by atoms with Gasteiger partial charge in [-0.25, -0.2) is 9.59 Å². The van der Waals surface area contributed by atoms with Gasteiger partial charge in [0.15, 0.2) is 0 Å². The van der Waals surface area contributed by atoms with Crippen LogP contribution in [-0.4, -0.2) is 53.2 Å². The van der Waals surface area contributed by atoms with E-state index in [9.17, 15) is 19.5 Å². The molecule has 1 aliphatic heterocycles. The second-order valence-electron chi connectivity index (χ2n) is 9.30. The van der Waals surface area contributed by atoms with E-state index in [2.05, 4.69) is 29.6 Å². The molecule has 1 heterocycles. The largest absolute Gasteiger partial charge is 0.480 e. The van der Waals surface area contributed by atoms with Gasteiger partial charge in [-0.3, -0.25) is 4.79 Å². The summed E-state index contributed by atoms with van der Waals surface area (Å²) in [6, 6.07) is 15.1. The van der Waals surface area contributed by atoms with E-state index in [1.807, 2.05) is 38.1 Å². The smallest absolute Gasteiger partial charge is 0.407 e. The molecule has 1 fully saturated rings. The average Bonchev–Trinajstić information content (AvgIpc) is 3.36. The summed E-state index contributed by atoms with van der Waals surface area (Å²) in [6.07, 6.45) is 1.56. The molecule has 7 heteroatoms. The fraction of sp³-hybridized carbons (Fsp3) is 0.444. The van der Waals surface area contributed by atoms with Gasteiger partial charge in [0.05, 0.1) is 0 Å². The number of likely N-dealkylation sites (tertiary alicyclic amines) is 1. The maximum Gasteiger partial charge on any atom is 0.407 e. The Morgan fingerprint density at radius 1 is 1.09 bits per heavy atom. The van der Waals surface area contributed by atoms with Crippen molar-refractivity contribution in [2.45, 2.75) is 57.5 Å². The van der Waals surface area contributed by atoms with Gasteiger partial charge < -0.3 is 20.1 Å². The minimum atomic E-state index is -0.977.